The van der Waals surface area contributed by atoms with Crippen LogP contribution in [-0.2, 0) is 0 Å². The third-order valence-corrected chi connectivity index (χ3v) is 3.55. The first kappa shape index (κ1) is 14.2. The predicted octanol–water partition coefficient (Wildman–Crippen LogP) is 1.21. The van der Waals surface area contributed by atoms with Gasteiger partial charge >= 0.3 is 0 Å². The van der Waals surface area contributed by atoms with Gasteiger partial charge in [0.25, 0.3) is 0 Å². The molecule has 1 saturated heterocycles. The number of aromatic nitrogens is 2. The zero-order chi connectivity index (χ0) is 13.7. The van der Waals surface area contributed by atoms with Crippen molar-refractivity contribution in [2.24, 2.45) is 5.92 Å². The van der Waals surface area contributed by atoms with E-state index in [9.17, 15) is 5.11 Å². The van der Waals surface area contributed by atoms with E-state index in [2.05, 4.69) is 20.2 Å². The normalized spacial score (nSPS) is 20.5. The number of aryl methyl sites for hydroxylation is 2. The van der Waals surface area contributed by atoms with Gasteiger partial charge in [-0.05, 0) is 45.2 Å². The number of aliphatic hydroxyl groups is 1. The molecule has 0 radical (unpaired) electrons. The number of hydrogen-bond donors (Lipinski definition) is 2. The molecule has 0 spiro atoms. The van der Waals surface area contributed by atoms with Crippen LogP contribution in [0.4, 0.5) is 5.95 Å². The molecule has 1 unspecified atom stereocenters. The Kier molecular flexibility index (Phi) is 5.10. The fourth-order valence-corrected chi connectivity index (χ4v) is 2.63. The lowest BCUT2D eigenvalue weighted by Crippen LogP contribution is -2.39. The minimum Gasteiger partial charge on any atom is -0.396 e. The molecule has 5 nitrogen and oxygen atoms in total. The average Bonchev–Trinajstić information content (AvgIpc) is 2.38. The Morgan fingerprint density at radius 1 is 1.37 bits per heavy atom. The number of nitrogens with one attached hydrogen (secondary N) is 1. The van der Waals surface area contributed by atoms with Gasteiger partial charge in [0.2, 0.25) is 5.95 Å². The molecule has 106 valence electrons. The summed E-state index contributed by atoms with van der Waals surface area (Å²) < 4.78 is 0. The highest BCUT2D eigenvalue weighted by Crippen LogP contribution is 2.15. The van der Waals surface area contributed by atoms with Gasteiger partial charge in [0.1, 0.15) is 0 Å². The summed E-state index contributed by atoms with van der Waals surface area (Å²) in [6, 6.07) is 1.97. The second-order valence-corrected chi connectivity index (χ2v) is 5.39. The Balaban J connectivity index is 1.76. The van der Waals surface area contributed by atoms with Gasteiger partial charge in [0.05, 0.1) is 0 Å². The molecule has 1 atom stereocenters. The molecule has 1 aliphatic heterocycles. The molecule has 1 aromatic heterocycles. The van der Waals surface area contributed by atoms with Gasteiger partial charge in [-0.1, -0.05) is 0 Å². The smallest absolute Gasteiger partial charge is 0.223 e. The van der Waals surface area contributed by atoms with Crippen LogP contribution in [0.25, 0.3) is 0 Å². The van der Waals surface area contributed by atoms with Crippen molar-refractivity contribution in [3.8, 4) is 0 Å². The number of aliphatic hydroxyl groups excluding tert-OH is 1. The largest absolute Gasteiger partial charge is 0.396 e. The summed E-state index contributed by atoms with van der Waals surface area (Å²) in [6.07, 6.45) is 2.34. The number of anilines is 1. The number of hydrogen-bond acceptors (Lipinski definition) is 5. The van der Waals surface area contributed by atoms with E-state index in [-0.39, 0.29) is 0 Å². The zero-order valence-electron chi connectivity index (χ0n) is 11.9. The lowest BCUT2D eigenvalue weighted by atomic mass is 9.99. The second-order valence-electron chi connectivity index (χ2n) is 5.39. The van der Waals surface area contributed by atoms with Crippen molar-refractivity contribution < 1.29 is 5.11 Å². The van der Waals surface area contributed by atoms with Crippen LogP contribution in [0, 0.1) is 19.8 Å². The Morgan fingerprint density at radius 2 is 2.11 bits per heavy atom. The number of nitrogens with zero attached hydrogens (tertiary/aromatic N) is 3. The summed E-state index contributed by atoms with van der Waals surface area (Å²) in [4.78, 5) is 11.1. The molecular formula is C14H24N4O. The lowest BCUT2D eigenvalue weighted by molar-refractivity contribution is 0.123. The highest BCUT2D eigenvalue weighted by molar-refractivity contribution is 5.27. The molecule has 0 amide bonds. The first-order valence-corrected chi connectivity index (χ1v) is 7.06. The van der Waals surface area contributed by atoms with Gasteiger partial charge in [-0.15, -0.1) is 0 Å². The Morgan fingerprint density at radius 3 is 2.79 bits per heavy atom. The van der Waals surface area contributed by atoms with Crippen molar-refractivity contribution in [1.82, 2.24) is 14.9 Å². The molecule has 0 aliphatic carbocycles. The molecule has 19 heavy (non-hydrogen) atoms. The van der Waals surface area contributed by atoms with Crippen molar-refractivity contribution in [2.45, 2.75) is 26.7 Å². The van der Waals surface area contributed by atoms with Crippen LogP contribution in [0.3, 0.4) is 0 Å². The van der Waals surface area contributed by atoms with Crippen LogP contribution in [0.5, 0.6) is 0 Å². The fourth-order valence-electron chi connectivity index (χ4n) is 2.63. The van der Waals surface area contributed by atoms with Gasteiger partial charge in [-0.2, -0.15) is 0 Å². The molecular weight excluding hydrogens is 240 g/mol. The van der Waals surface area contributed by atoms with Gasteiger partial charge in [0.15, 0.2) is 0 Å². The first-order valence-electron chi connectivity index (χ1n) is 7.06. The summed E-state index contributed by atoms with van der Waals surface area (Å²) in [7, 11) is 0. The summed E-state index contributed by atoms with van der Waals surface area (Å²) >= 11 is 0. The first-order chi connectivity index (χ1) is 9.17. The van der Waals surface area contributed by atoms with E-state index in [1.54, 1.807) is 0 Å². The summed E-state index contributed by atoms with van der Waals surface area (Å²) in [5.74, 6) is 1.17. The van der Waals surface area contributed by atoms with Crippen molar-refractivity contribution in [1.29, 1.82) is 0 Å². The highest BCUT2D eigenvalue weighted by atomic mass is 16.3. The third kappa shape index (κ3) is 4.44. The van der Waals surface area contributed by atoms with Gasteiger partial charge in [-0.25, -0.2) is 9.97 Å². The molecule has 0 saturated carbocycles. The van der Waals surface area contributed by atoms with E-state index in [1.807, 2.05) is 19.9 Å². The molecule has 1 fully saturated rings. The Bertz CT molecular complexity index is 390. The number of likely N-dealkylation sites (tertiary alicyclic amines) is 1. The molecule has 0 bridgehead atoms. The zero-order valence-corrected chi connectivity index (χ0v) is 11.9. The van der Waals surface area contributed by atoms with E-state index in [4.69, 9.17) is 0 Å². The van der Waals surface area contributed by atoms with Crippen molar-refractivity contribution >= 4 is 5.95 Å². The van der Waals surface area contributed by atoms with E-state index < -0.39 is 0 Å². The predicted molar refractivity (Wildman–Crippen MR) is 76.2 cm³/mol. The fraction of sp³-hybridized carbons (Fsp3) is 0.714. The Labute approximate surface area is 115 Å². The van der Waals surface area contributed by atoms with E-state index in [0.717, 1.165) is 44.0 Å². The maximum atomic E-state index is 9.21. The molecule has 2 N–H and O–H groups in total. The van der Waals surface area contributed by atoms with Crippen molar-refractivity contribution in [3.63, 3.8) is 0 Å². The molecule has 2 rings (SSSR count). The van der Waals surface area contributed by atoms with Crippen LogP contribution >= 0.6 is 0 Å². The maximum Gasteiger partial charge on any atom is 0.223 e. The summed E-state index contributed by atoms with van der Waals surface area (Å²) in [5, 5.41) is 12.5. The average molecular weight is 264 g/mol. The van der Waals surface area contributed by atoms with Crippen LogP contribution < -0.4 is 5.32 Å². The molecule has 1 aromatic rings. The summed E-state index contributed by atoms with van der Waals surface area (Å²) in [6.45, 7) is 8.24. The van der Waals surface area contributed by atoms with Gasteiger partial charge < -0.3 is 15.3 Å². The lowest BCUT2D eigenvalue weighted by Gasteiger charge is -2.31. The maximum absolute atomic E-state index is 9.21. The van der Waals surface area contributed by atoms with E-state index >= 15 is 0 Å². The Hall–Kier alpha value is -1.20. The second kappa shape index (κ2) is 6.82. The number of piperidine rings is 1. The van der Waals surface area contributed by atoms with Crippen molar-refractivity contribution in [2.75, 3.05) is 38.1 Å². The van der Waals surface area contributed by atoms with Crippen molar-refractivity contribution in [3.05, 3.63) is 17.5 Å². The van der Waals surface area contributed by atoms with E-state index in [0.29, 0.717) is 18.5 Å². The topological polar surface area (TPSA) is 61.3 Å². The SMILES string of the molecule is Cc1cc(C)nc(NCCN2CCCC(CO)C2)n1. The molecule has 2 heterocycles. The third-order valence-electron chi connectivity index (χ3n) is 3.55. The summed E-state index contributed by atoms with van der Waals surface area (Å²) in [5.41, 5.74) is 1.99. The highest BCUT2D eigenvalue weighted by Gasteiger charge is 2.18. The van der Waals surface area contributed by atoms with Crippen LogP contribution in [0.1, 0.15) is 24.2 Å². The van der Waals surface area contributed by atoms with Crippen LogP contribution in [0.2, 0.25) is 0 Å². The standard InChI is InChI=1S/C14H24N4O/c1-11-8-12(2)17-14(16-11)15-5-7-18-6-3-4-13(9-18)10-19/h8,13,19H,3-7,9-10H2,1-2H3,(H,15,16,17). The van der Waals surface area contributed by atoms with Crippen LogP contribution in [0.15, 0.2) is 6.07 Å². The van der Waals surface area contributed by atoms with Crippen LogP contribution in [-0.4, -0.2) is 52.8 Å². The quantitative estimate of drug-likeness (QED) is 0.837. The van der Waals surface area contributed by atoms with Gasteiger partial charge in [0, 0.05) is 37.6 Å². The minimum atomic E-state index is 0.310. The molecule has 0 aromatic carbocycles. The minimum absolute atomic E-state index is 0.310. The molecule has 5 heteroatoms. The number of rotatable bonds is 5. The molecule has 1 aliphatic rings. The van der Waals surface area contributed by atoms with E-state index in [1.165, 1.54) is 6.42 Å². The monoisotopic (exact) mass is 264 g/mol. The van der Waals surface area contributed by atoms with Gasteiger partial charge in [-0.3, -0.25) is 0 Å².